The Bertz CT molecular complexity index is 1600. The van der Waals surface area contributed by atoms with Gasteiger partial charge in [0.05, 0.1) is 11.1 Å². The Balaban J connectivity index is 1.77. The zero-order valence-electron chi connectivity index (χ0n) is 18.3. The number of pyridine rings is 1. The first-order valence-corrected chi connectivity index (χ1v) is 10.9. The van der Waals surface area contributed by atoms with Crippen LogP contribution in [0.15, 0.2) is 89.5 Å². The van der Waals surface area contributed by atoms with Crippen LogP contribution in [-0.4, -0.2) is 14.5 Å². The Labute approximate surface area is 186 Å². The van der Waals surface area contributed by atoms with Gasteiger partial charge in [-0.1, -0.05) is 69.3 Å². The minimum absolute atomic E-state index is 0.0591. The normalized spacial score (nSPS) is 12.2. The number of aromatic nitrogens is 3. The van der Waals surface area contributed by atoms with Crippen LogP contribution < -0.4 is 0 Å². The number of fused-ring (bicyclic) bond motifs is 4. The van der Waals surface area contributed by atoms with Crippen LogP contribution in [0.1, 0.15) is 26.3 Å². The van der Waals surface area contributed by atoms with E-state index in [4.69, 9.17) is 9.40 Å². The van der Waals surface area contributed by atoms with Gasteiger partial charge in [0.2, 0.25) is 0 Å². The smallest absolute Gasteiger partial charge is 0.178 e. The summed E-state index contributed by atoms with van der Waals surface area (Å²) in [5.41, 5.74) is 6.66. The van der Waals surface area contributed by atoms with E-state index in [0.717, 1.165) is 50.2 Å². The molecular formula is C28H23N3O. The summed E-state index contributed by atoms with van der Waals surface area (Å²) < 4.78 is 8.58. The SMILES string of the molecule is CC(C)(C)c1ccnc2nc(-c3cccc4c3oc3ccccc34)n(-c3ccccc3)c12. The first kappa shape index (κ1) is 18.8. The van der Waals surface area contributed by atoms with Crippen LogP contribution in [0, 0.1) is 0 Å². The van der Waals surface area contributed by atoms with Crippen molar-refractivity contribution in [2.75, 3.05) is 0 Å². The molecule has 0 N–H and O–H groups in total. The number of hydrogen-bond acceptors (Lipinski definition) is 3. The van der Waals surface area contributed by atoms with Crippen molar-refractivity contribution >= 4 is 33.1 Å². The van der Waals surface area contributed by atoms with E-state index in [2.05, 4.69) is 84.9 Å². The number of imidazole rings is 1. The second-order valence-corrected chi connectivity index (χ2v) is 9.17. The van der Waals surface area contributed by atoms with Gasteiger partial charge in [-0.05, 0) is 41.3 Å². The van der Waals surface area contributed by atoms with E-state index < -0.39 is 0 Å². The second-order valence-electron chi connectivity index (χ2n) is 9.17. The first-order valence-electron chi connectivity index (χ1n) is 10.9. The minimum atomic E-state index is -0.0591. The summed E-state index contributed by atoms with van der Waals surface area (Å²) in [5, 5.41) is 2.20. The molecule has 3 aromatic carbocycles. The molecule has 0 atom stereocenters. The van der Waals surface area contributed by atoms with E-state index in [1.54, 1.807) is 0 Å². The van der Waals surface area contributed by atoms with E-state index in [-0.39, 0.29) is 5.41 Å². The number of nitrogens with zero attached hydrogens (tertiary/aromatic N) is 3. The number of para-hydroxylation sites is 3. The summed E-state index contributed by atoms with van der Waals surface area (Å²) in [5.74, 6) is 0.833. The monoisotopic (exact) mass is 417 g/mol. The summed E-state index contributed by atoms with van der Waals surface area (Å²) in [6.45, 7) is 6.68. The summed E-state index contributed by atoms with van der Waals surface area (Å²) in [6, 6.07) is 26.9. The summed E-state index contributed by atoms with van der Waals surface area (Å²) in [7, 11) is 0. The third-order valence-corrected chi connectivity index (χ3v) is 6.02. The van der Waals surface area contributed by atoms with Crippen molar-refractivity contribution in [1.82, 2.24) is 14.5 Å². The number of furan rings is 1. The zero-order valence-corrected chi connectivity index (χ0v) is 18.3. The van der Waals surface area contributed by atoms with E-state index in [1.165, 1.54) is 5.56 Å². The molecule has 0 aliphatic heterocycles. The lowest BCUT2D eigenvalue weighted by molar-refractivity contribution is 0.593. The quantitative estimate of drug-likeness (QED) is 0.297. The molecule has 0 spiro atoms. The van der Waals surface area contributed by atoms with Gasteiger partial charge in [-0.25, -0.2) is 9.97 Å². The lowest BCUT2D eigenvalue weighted by Crippen LogP contribution is -2.13. The van der Waals surface area contributed by atoms with Gasteiger partial charge in [-0.2, -0.15) is 0 Å². The van der Waals surface area contributed by atoms with Crippen LogP contribution in [-0.2, 0) is 5.41 Å². The van der Waals surface area contributed by atoms with E-state index >= 15 is 0 Å². The Morgan fingerprint density at radius 1 is 0.781 bits per heavy atom. The highest BCUT2D eigenvalue weighted by atomic mass is 16.3. The fourth-order valence-corrected chi connectivity index (χ4v) is 4.54. The van der Waals surface area contributed by atoms with Crippen LogP contribution in [0.2, 0.25) is 0 Å². The maximum absolute atomic E-state index is 6.35. The standard InChI is InChI=1S/C28H23N3O/c1-28(2,3)22-16-17-29-26-24(22)31(18-10-5-4-6-11-18)27(30-26)21-14-9-13-20-19-12-7-8-15-23(19)32-25(20)21/h4-17H,1-3H3. The first-order chi connectivity index (χ1) is 15.5. The lowest BCUT2D eigenvalue weighted by atomic mass is 9.87. The van der Waals surface area contributed by atoms with Crippen molar-refractivity contribution < 1.29 is 4.42 Å². The highest BCUT2D eigenvalue weighted by molar-refractivity contribution is 6.09. The molecule has 3 heterocycles. The molecule has 4 nitrogen and oxygen atoms in total. The molecule has 0 amide bonds. The fourth-order valence-electron chi connectivity index (χ4n) is 4.54. The molecule has 0 unspecified atom stereocenters. The van der Waals surface area contributed by atoms with Crippen LogP contribution in [0.5, 0.6) is 0 Å². The molecule has 0 saturated carbocycles. The van der Waals surface area contributed by atoms with Gasteiger partial charge in [-0.15, -0.1) is 0 Å². The molecule has 6 rings (SSSR count). The Morgan fingerprint density at radius 3 is 2.34 bits per heavy atom. The molecule has 6 aromatic rings. The molecule has 32 heavy (non-hydrogen) atoms. The average molecular weight is 418 g/mol. The fraction of sp³-hybridized carbons (Fsp3) is 0.143. The van der Waals surface area contributed by atoms with Gasteiger partial charge in [-0.3, -0.25) is 4.57 Å². The van der Waals surface area contributed by atoms with Crippen molar-refractivity contribution in [3.05, 3.63) is 90.6 Å². The number of hydrogen-bond donors (Lipinski definition) is 0. The third kappa shape index (κ3) is 2.76. The summed E-state index contributed by atoms with van der Waals surface area (Å²) in [4.78, 5) is 9.69. The van der Waals surface area contributed by atoms with Crippen molar-refractivity contribution in [2.45, 2.75) is 26.2 Å². The van der Waals surface area contributed by atoms with Crippen molar-refractivity contribution in [3.63, 3.8) is 0 Å². The third-order valence-electron chi connectivity index (χ3n) is 6.02. The molecular weight excluding hydrogens is 394 g/mol. The summed E-state index contributed by atoms with van der Waals surface area (Å²) >= 11 is 0. The molecule has 0 bridgehead atoms. The second kappa shape index (κ2) is 6.79. The zero-order chi connectivity index (χ0) is 21.9. The predicted octanol–water partition coefficient (Wildman–Crippen LogP) is 7.28. The van der Waals surface area contributed by atoms with Gasteiger partial charge in [0, 0.05) is 22.7 Å². The lowest BCUT2D eigenvalue weighted by Gasteiger charge is -2.21. The maximum atomic E-state index is 6.35. The molecule has 0 saturated heterocycles. The topological polar surface area (TPSA) is 43.9 Å². The average Bonchev–Trinajstić information content (AvgIpc) is 3.37. The van der Waals surface area contributed by atoms with Crippen molar-refractivity contribution in [3.8, 4) is 17.1 Å². The van der Waals surface area contributed by atoms with Gasteiger partial charge >= 0.3 is 0 Å². The van der Waals surface area contributed by atoms with Crippen molar-refractivity contribution in [1.29, 1.82) is 0 Å². The van der Waals surface area contributed by atoms with E-state index in [0.29, 0.717) is 0 Å². The van der Waals surface area contributed by atoms with Crippen LogP contribution in [0.25, 0.3) is 50.2 Å². The van der Waals surface area contributed by atoms with Gasteiger partial charge in [0.25, 0.3) is 0 Å². The molecule has 4 heteroatoms. The Hall–Kier alpha value is -3.92. The van der Waals surface area contributed by atoms with Crippen LogP contribution in [0.3, 0.4) is 0 Å². The van der Waals surface area contributed by atoms with Gasteiger partial charge in [0.15, 0.2) is 11.5 Å². The largest absolute Gasteiger partial charge is 0.455 e. The van der Waals surface area contributed by atoms with Crippen molar-refractivity contribution in [2.24, 2.45) is 0 Å². The van der Waals surface area contributed by atoms with E-state index in [9.17, 15) is 0 Å². The Morgan fingerprint density at radius 2 is 1.53 bits per heavy atom. The van der Waals surface area contributed by atoms with Gasteiger partial charge < -0.3 is 4.42 Å². The Kier molecular flexibility index (Phi) is 3.99. The molecule has 156 valence electrons. The number of benzene rings is 3. The maximum Gasteiger partial charge on any atom is 0.178 e. The predicted molar refractivity (Wildman–Crippen MR) is 130 cm³/mol. The van der Waals surface area contributed by atoms with Gasteiger partial charge in [0.1, 0.15) is 11.2 Å². The highest BCUT2D eigenvalue weighted by Gasteiger charge is 2.25. The molecule has 0 aliphatic carbocycles. The molecule has 3 aromatic heterocycles. The minimum Gasteiger partial charge on any atom is -0.455 e. The number of rotatable bonds is 2. The molecule has 0 fully saturated rings. The highest BCUT2D eigenvalue weighted by Crippen LogP contribution is 2.39. The van der Waals surface area contributed by atoms with Crippen LogP contribution in [0.4, 0.5) is 0 Å². The molecule has 0 aliphatic rings. The summed E-state index contributed by atoms with van der Waals surface area (Å²) in [6.07, 6.45) is 1.86. The molecule has 0 radical (unpaired) electrons. The van der Waals surface area contributed by atoms with Crippen LogP contribution >= 0.6 is 0 Å². The van der Waals surface area contributed by atoms with E-state index in [1.807, 2.05) is 30.5 Å².